The van der Waals surface area contributed by atoms with E-state index in [1.165, 1.54) is 0 Å². The van der Waals surface area contributed by atoms with E-state index in [2.05, 4.69) is 25.6 Å². The van der Waals surface area contributed by atoms with E-state index in [1.807, 2.05) is 62.4 Å². The lowest BCUT2D eigenvalue weighted by molar-refractivity contribution is 0.0525. The minimum atomic E-state index is -0.437. The fourth-order valence-corrected chi connectivity index (χ4v) is 3.97. The molecule has 0 aliphatic heterocycles. The molecule has 2 aromatic heterocycles. The highest BCUT2D eigenvalue weighted by atomic mass is 16.5. The molecule has 2 aromatic carbocycles. The van der Waals surface area contributed by atoms with Crippen molar-refractivity contribution in [3.63, 3.8) is 0 Å². The van der Waals surface area contributed by atoms with E-state index in [-0.39, 0.29) is 6.61 Å². The number of carbonyl (C=O) groups is 1. The van der Waals surface area contributed by atoms with Crippen LogP contribution >= 0.6 is 0 Å². The van der Waals surface area contributed by atoms with Gasteiger partial charge < -0.3 is 9.47 Å². The van der Waals surface area contributed by atoms with E-state index in [9.17, 15) is 4.79 Å². The standard InChI is InChI=1S/C25H25N5O3/c1-5-20-23(32-4)22(21(15(3)26-20)25(31)33-6-2)17-12-13-18(16-10-8-7-9-11-16)19(14-17)24-27-29-30-28-24/h7-14H,5-6H2,1-4H3,(H,27,28,29,30). The third-order valence-electron chi connectivity index (χ3n) is 5.42. The van der Waals surface area contributed by atoms with Gasteiger partial charge in [-0.05, 0) is 53.5 Å². The van der Waals surface area contributed by atoms with Crippen LogP contribution in [0.2, 0.25) is 0 Å². The fraction of sp³-hybridized carbons (Fsp3) is 0.240. The van der Waals surface area contributed by atoms with Gasteiger partial charge in [0.15, 0.2) is 5.82 Å². The van der Waals surface area contributed by atoms with Gasteiger partial charge in [0, 0.05) is 11.1 Å². The van der Waals surface area contributed by atoms with Gasteiger partial charge in [0.05, 0.1) is 30.7 Å². The highest BCUT2D eigenvalue weighted by molar-refractivity contribution is 6.01. The van der Waals surface area contributed by atoms with E-state index in [1.54, 1.807) is 14.0 Å². The summed E-state index contributed by atoms with van der Waals surface area (Å²) in [4.78, 5) is 17.6. The summed E-state index contributed by atoms with van der Waals surface area (Å²) >= 11 is 0. The number of aryl methyl sites for hydroxylation is 2. The Hall–Kier alpha value is -4.07. The Bertz CT molecular complexity index is 1270. The quantitative estimate of drug-likeness (QED) is 0.415. The number of tetrazole rings is 1. The summed E-state index contributed by atoms with van der Waals surface area (Å²) in [6.07, 6.45) is 0.654. The molecular formula is C25H25N5O3. The molecule has 2 heterocycles. The SMILES string of the molecule is CCOC(=O)c1c(C)nc(CC)c(OC)c1-c1ccc(-c2ccccc2)c(-c2nnn[nH]2)c1. The second-order valence-corrected chi connectivity index (χ2v) is 7.38. The van der Waals surface area contributed by atoms with Gasteiger partial charge in [-0.2, -0.15) is 0 Å². The number of hydrogen-bond acceptors (Lipinski definition) is 7. The van der Waals surface area contributed by atoms with Crippen molar-refractivity contribution in [2.45, 2.75) is 27.2 Å². The minimum Gasteiger partial charge on any atom is -0.494 e. The number of H-pyrrole nitrogens is 1. The molecule has 0 spiro atoms. The Morgan fingerprint density at radius 3 is 2.45 bits per heavy atom. The molecule has 8 heteroatoms. The van der Waals surface area contributed by atoms with Gasteiger partial charge in [0.25, 0.3) is 0 Å². The van der Waals surface area contributed by atoms with E-state index < -0.39 is 5.97 Å². The largest absolute Gasteiger partial charge is 0.494 e. The molecule has 0 radical (unpaired) electrons. The first-order valence-electron chi connectivity index (χ1n) is 10.8. The first-order chi connectivity index (χ1) is 16.1. The molecule has 0 saturated heterocycles. The van der Waals surface area contributed by atoms with Crippen molar-refractivity contribution in [3.05, 3.63) is 65.5 Å². The van der Waals surface area contributed by atoms with Crippen molar-refractivity contribution >= 4 is 5.97 Å². The normalized spacial score (nSPS) is 10.8. The lowest BCUT2D eigenvalue weighted by Gasteiger charge is -2.19. The van der Waals surface area contributed by atoms with E-state index in [4.69, 9.17) is 9.47 Å². The van der Waals surface area contributed by atoms with Gasteiger partial charge in [-0.1, -0.05) is 49.4 Å². The van der Waals surface area contributed by atoms with Gasteiger partial charge in [-0.3, -0.25) is 4.98 Å². The van der Waals surface area contributed by atoms with Crippen LogP contribution in [0.25, 0.3) is 33.6 Å². The van der Waals surface area contributed by atoms with Crippen LogP contribution in [0, 0.1) is 6.92 Å². The van der Waals surface area contributed by atoms with E-state index >= 15 is 0 Å². The monoisotopic (exact) mass is 443 g/mol. The Morgan fingerprint density at radius 2 is 1.82 bits per heavy atom. The highest BCUT2D eigenvalue weighted by Crippen LogP contribution is 2.41. The van der Waals surface area contributed by atoms with Gasteiger partial charge in [0.2, 0.25) is 0 Å². The number of hydrogen-bond donors (Lipinski definition) is 1. The summed E-state index contributed by atoms with van der Waals surface area (Å²) in [5.74, 6) is 0.641. The summed E-state index contributed by atoms with van der Waals surface area (Å²) in [5.41, 5.74) is 5.95. The number of nitrogens with zero attached hydrogens (tertiary/aromatic N) is 4. The zero-order chi connectivity index (χ0) is 23.4. The molecule has 0 atom stereocenters. The molecule has 168 valence electrons. The molecule has 0 aliphatic carbocycles. The van der Waals surface area contributed by atoms with Crippen molar-refractivity contribution in [2.24, 2.45) is 0 Å². The van der Waals surface area contributed by atoms with Gasteiger partial charge in [0.1, 0.15) is 5.75 Å². The summed E-state index contributed by atoms with van der Waals surface area (Å²) < 4.78 is 11.1. The lowest BCUT2D eigenvalue weighted by atomic mass is 9.91. The number of esters is 1. The van der Waals surface area contributed by atoms with Crippen molar-refractivity contribution in [2.75, 3.05) is 13.7 Å². The molecule has 33 heavy (non-hydrogen) atoms. The molecule has 8 nitrogen and oxygen atoms in total. The number of nitrogens with one attached hydrogen (secondary N) is 1. The summed E-state index contributed by atoms with van der Waals surface area (Å²) in [6.45, 7) is 5.86. The topological polar surface area (TPSA) is 103 Å². The van der Waals surface area contributed by atoms with Crippen LogP contribution in [-0.2, 0) is 11.2 Å². The molecule has 0 saturated carbocycles. The molecule has 4 rings (SSSR count). The van der Waals surface area contributed by atoms with Crippen molar-refractivity contribution in [1.82, 2.24) is 25.6 Å². The number of aromatic amines is 1. The first kappa shape index (κ1) is 22.1. The summed E-state index contributed by atoms with van der Waals surface area (Å²) in [7, 11) is 1.59. The number of rotatable bonds is 7. The smallest absolute Gasteiger partial charge is 0.340 e. The van der Waals surface area contributed by atoms with E-state index in [0.29, 0.717) is 34.8 Å². The van der Waals surface area contributed by atoms with Gasteiger partial charge in [-0.15, -0.1) is 5.10 Å². The molecule has 4 aromatic rings. The highest BCUT2D eigenvalue weighted by Gasteiger charge is 2.26. The van der Waals surface area contributed by atoms with Gasteiger partial charge in [-0.25, -0.2) is 9.89 Å². The molecule has 0 fully saturated rings. The second-order valence-electron chi connectivity index (χ2n) is 7.38. The Labute approximate surface area is 192 Å². The predicted molar refractivity (Wildman–Crippen MR) is 125 cm³/mol. The second kappa shape index (κ2) is 9.60. The average Bonchev–Trinajstić information content (AvgIpc) is 3.38. The molecule has 0 unspecified atom stereocenters. The minimum absolute atomic E-state index is 0.261. The van der Waals surface area contributed by atoms with Crippen LogP contribution in [0.5, 0.6) is 5.75 Å². The number of methoxy groups -OCH3 is 1. The average molecular weight is 444 g/mol. The zero-order valence-corrected chi connectivity index (χ0v) is 19.0. The maximum Gasteiger partial charge on any atom is 0.340 e. The summed E-state index contributed by atoms with van der Waals surface area (Å²) in [5, 5.41) is 14.5. The van der Waals surface area contributed by atoms with Crippen LogP contribution in [0.3, 0.4) is 0 Å². The maximum absolute atomic E-state index is 13.0. The van der Waals surface area contributed by atoms with Crippen LogP contribution in [-0.4, -0.2) is 45.3 Å². The number of ether oxygens (including phenoxy) is 2. The fourth-order valence-electron chi connectivity index (χ4n) is 3.97. The molecule has 0 amide bonds. The number of benzene rings is 2. The third kappa shape index (κ3) is 4.19. The van der Waals surface area contributed by atoms with Crippen molar-refractivity contribution < 1.29 is 14.3 Å². The Kier molecular flexibility index (Phi) is 6.44. The van der Waals surface area contributed by atoms with Crippen LogP contribution in [0.4, 0.5) is 0 Å². The number of aromatic nitrogens is 5. The number of pyridine rings is 1. The maximum atomic E-state index is 13.0. The van der Waals surface area contributed by atoms with Crippen LogP contribution in [0.15, 0.2) is 48.5 Å². The first-order valence-corrected chi connectivity index (χ1v) is 10.8. The molecule has 0 bridgehead atoms. The van der Waals surface area contributed by atoms with Crippen molar-refractivity contribution in [3.8, 4) is 39.4 Å². The summed E-state index contributed by atoms with van der Waals surface area (Å²) in [6, 6.07) is 15.9. The van der Waals surface area contributed by atoms with Gasteiger partial charge >= 0.3 is 5.97 Å². The van der Waals surface area contributed by atoms with E-state index in [0.717, 1.165) is 27.9 Å². The number of carbonyl (C=O) groups excluding carboxylic acids is 1. The van der Waals surface area contributed by atoms with Crippen LogP contribution in [0.1, 0.15) is 35.6 Å². The third-order valence-corrected chi connectivity index (χ3v) is 5.42. The zero-order valence-electron chi connectivity index (χ0n) is 19.0. The molecule has 0 aliphatic rings. The predicted octanol–water partition coefficient (Wildman–Crippen LogP) is 4.65. The Morgan fingerprint density at radius 1 is 1.03 bits per heavy atom. The van der Waals surface area contributed by atoms with Crippen LogP contribution < -0.4 is 4.74 Å². The molecule has 1 N–H and O–H groups in total. The lowest BCUT2D eigenvalue weighted by Crippen LogP contribution is -2.13. The Balaban J connectivity index is 2.02. The van der Waals surface area contributed by atoms with Crippen molar-refractivity contribution in [1.29, 1.82) is 0 Å². The molecular weight excluding hydrogens is 418 g/mol.